The van der Waals surface area contributed by atoms with Crippen molar-refractivity contribution in [1.29, 1.82) is 0 Å². The first-order valence-electron chi connectivity index (χ1n) is 7.14. The second-order valence-corrected chi connectivity index (χ2v) is 5.36. The van der Waals surface area contributed by atoms with E-state index in [1.54, 1.807) is 0 Å². The molecule has 0 radical (unpaired) electrons. The molecule has 20 heavy (non-hydrogen) atoms. The highest BCUT2D eigenvalue weighted by Gasteiger charge is 2.27. The summed E-state index contributed by atoms with van der Waals surface area (Å²) in [5.41, 5.74) is 2.16. The molecule has 0 aliphatic carbocycles. The third-order valence-electron chi connectivity index (χ3n) is 3.96. The molecule has 0 unspecified atom stereocenters. The fourth-order valence-electron chi connectivity index (χ4n) is 2.82. The van der Waals surface area contributed by atoms with Gasteiger partial charge in [-0.15, -0.1) is 0 Å². The van der Waals surface area contributed by atoms with Gasteiger partial charge in [0, 0.05) is 25.2 Å². The molecule has 0 spiro atoms. The van der Waals surface area contributed by atoms with Crippen molar-refractivity contribution in [3.05, 3.63) is 29.8 Å². The van der Waals surface area contributed by atoms with Crippen LogP contribution < -0.4 is 10.6 Å². The Morgan fingerprint density at radius 1 is 1.25 bits per heavy atom. The number of fused-ring (bicyclic) bond motifs is 1. The zero-order chi connectivity index (χ0) is 13.9. The maximum atomic E-state index is 12.1. The molecule has 1 fully saturated rings. The molecule has 5 heteroatoms. The Balaban J connectivity index is 1.50. The number of hydrogen-bond acceptors (Lipinski definition) is 3. The highest BCUT2D eigenvalue weighted by Crippen LogP contribution is 2.24. The van der Waals surface area contributed by atoms with Crippen molar-refractivity contribution in [2.75, 3.05) is 25.0 Å². The van der Waals surface area contributed by atoms with Crippen molar-refractivity contribution < 1.29 is 9.59 Å². The average Bonchev–Trinajstić information content (AvgIpc) is 3.12. The molecule has 0 bridgehead atoms. The molecule has 0 aromatic heterocycles. The predicted molar refractivity (Wildman–Crippen MR) is 76.4 cm³/mol. The minimum atomic E-state index is -0.265. The van der Waals surface area contributed by atoms with Crippen LogP contribution >= 0.6 is 0 Å². The van der Waals surface area contributed by atoms with Crippen LogP contribution in [0.1, 0.15) is 18.4 Å². The van der Waals surface area contributed by atoms with Crippen molar-refractivity contribution in [2.24, 2.45) is 0 Å². The van der Waals surface area contributed by atoms with Gasteiger partial charge in [-0.1, -0.05) is 18.2 Å². The molecule has 1 aromatic rings. The van der Waals surface area contributed by atoms with Gasteiger partial charge in [-0.3, -0.25) is 9.59 Å². The average molecular weight is 273 g/mol. The Hall–Kier alpha value is -2.04. The van der Waals surface area contributed by atoms with Gasteiger partial charge in [0.15, 0.2) is 0 Å². The highest BCUT2D eigenvalue weighted by atomic mass is 16.2. The number of anilines is 1. The quantitative estimate of drug-likeness (QED) is 0.855. The molecular formula is C15H19N3O2. The Labute approximate surface area is 118 Å². The van der Waals surface area contributed by atoms with Crippen LogP contribution in [0.4, 0.5) is 5.69 Å². The molecule has 1 aromatic carbocycles. The van der Waals surface area contributed by atoms with Crippen LogP contribution in [0.3, 0.4) is 0 Å². The van der Waals surface area contributed by atoms with Gasteiger partial charge in [-0.2, -0.15) is 0 Å². The molecule has 2 heterocycles. The summed E-state index contributed by atoms with van der Waals surface area (Å²) >= 11 is 0. The molecule has 2 amide bonds. The van der Waals surface area contributed by atoms with Gasteiger partial charge >= 0.3 is 0 Å². The SMILES string of the molecule is O=C(NCC(=O)N1CCCC1)[C@@H]1Cc2ccccc2N1. The minimum absolute atomic E-state index is 0.0198. The number of rotatable bonds is 3. The third-order valence-corrected chi connectivity index (χ3v) is 3.96. The molecular weight excluding hydrogens is 254 g/mol. The summed E-state index contributed by atoms with van der Waals surface area (Å²) in [6.45, 7) is 1.75. The molecule has 2 N–H and O–H groups in total. The fraction of sp³-hybridized carbons (Fsp3) is 0.467. The Morgan fingerprint density at radius 2 is 2.00 bits per heavy atom. The molecule has 3 rings (SSSR count). The Morgan fingerprint density at radius 3 is 2.75 bits per heavy atom. The topological polar surface area (TPSA) is 61.4 Å². The second kappa shape index (κ2) is 5.53. The van der Waals surface area contributed by atoms with E-state index >= 15 is 0 Å². The number of amides is 2. The summed E-state index contributed by atoms with van der Waals surface area (Å²) in [6, 6.07) is 7.64. The molecule has 106 valence electrons. The van der Waals surface area contributed by atoms with E-state index < -0.39 is 0 Å². The second-order valence-electron chi connectivity index (χ2n) is 5.36. The summed E-state index contributed by atoms with van der Waals surface area (Å²) in [6.07, 6.45) is 2.82. The van der Waals surface area contributed by atoms with Crippen LogP contribution in [-0.4, -0.2) is 42.4 Å². The third kappa shape index (κ3) is 2.61. The van der Waals surface area contributed by atoms with E-state index in [9.17, 15) is 9.59 Å². The Bertz CT molecular complexity index is 499. The number of benzene rings is 1. The minimum Gasteiger partial charge on any atom is -0.373 e. The molecule has 2 aliphatic heterocycles. The van der Waals surface area contributed by atoms with Gasteiger partial charge in [-0.25, -0.2) is 0 Å². The first-order chi connectivity index (χ1) is 9.74. The standard InChI is InChI=1S/C15H19N3O2/c19-14(18-7-3-4-8-18)10-16-15(20)13-9-11-5-1-2-6-12(11)17-13/h1-2,5-6,13,17H,3-4,7-10H2,(H,16,20)/t13-/m0/s1. The van der Waals surface area contributed by atoms with Crippen molar-refractivity contribution in [3.8, 4) is 0 Å². The number of hydrogen-bond donors (Lipinski definition) is 2. The highest BCUT2D eigenvalue weighted by molar-refractivity contribution is 5.90. The van der Waals surface area contributed by atoms with Gasteiger partial charge in [-0.05, 0) is 24.5 Å². The molecule has 1 saturated heterocycles. The van der Waals surface area contributed by atoms with Crippen LogP contribution in [0.15, 0.2) is 24.3 Å². The smallest absolute Gasteiger partial charge is 0.243 e. The first kappa shape index (κ1) is 13.0. The number of nitrogens with one attached hydrogen (secondary N) is 2. The van der Waals surface area contributed by atoms with Crippen LogP contribution in [0, 0.1) is 0 Å². The normalized spacial score (nSPS) is 20.4. The number of para-hydroxylation sites is 1. The van der Waals surface area contributed by atoms with E-state index in [1.807, 2.05) is 29.2 Å². The lowest BCUT2D eigenvalue weighted by Gasteiger charge is -2.17. The largest absolute Gasteiger partial charge is 0.373 e. The summed E-state index contributed by atoms with van der Waals surface area (Å²) in [5.74, 6) is -0.0832. The van der Waals surface area contributed by atoms with E-state index in [0.717, 1.165) is 37.2 Å². The lowest BCUT2D eigenvalue weighted by molar-refractivity contribution is -0.132. The summed E-state index contributed by atoms with van der Waals surface area (Å²) < 4.78 is 0. The lowest BCUT2D eigenvalue weighted by Crippen LogP contribution is -2.44. The summed E-state index contributed by atoms with van der Waals surface area (Å²) in [5, 5.41) is 5.93. The van der Waals surface area contributed by atoms with E-state index in [1.165, 1.54) is 0 Å². The number of carbonyl (C=O) groups is 2. The molecule has 1 atom stereocenters. The van der Waals surface area contributed by atoms with E-state index in [2.05, 4.69) is 10.6 Å². The van der Waals surface area contributed by atoms with E-state index in [0.29, 0.717) is 6.42 Å². The van der Waals surface area contributed by atoms with Gasteiger partial charge in [0.25, 0.3) is 0 Å². The maximum Gasteiger partial charge on any atom is 0.243 e. The van der Waals surface area contributed by atoms with E-state index in [-0.39, 0.29) is 24.4 Å². The zero-order valence-electron chi connectivity index (χ0n) is 11.4. The summed E-state index contributed by atoms with van der Waals surface area (Å²) in [4.78, 5) is 25.8. The molecule has 0 saturated carbocycles. The van der Waals surface area contributed by atoms with Crippen molar-refractivity contribution in [2.45, 2.75) is 25.3 Å². The first-order valence-corrected chi connectivity index (χ1v) is 7.14. The van der Waals surface area contributed by atoms with Crippen LogP contribution in [-0.2, 0) is 16.0 Å². The number of likely N-dealkylation sites (tertiary alicyclic amines) is 1. The van der Waals surface area contributed by atoms with Gasteiger partial charge < -0.3 is 15.5 Å². The van der Waals surface area contributed by atoms with Crippen LogP contribution in [0.25, 0.3) is 0 Å². The van der Waals surface area contributed by atoms with Crippen molar-refractivity contribution >= 4 is 17.5 Å². The summed E-state index contributed by atoms with van der Waals surface area (Å²) in [7, 11) is 0. The Kier molecular flexibility index (Phi) is 3.58. The molecule has 2 aliphatic rings. The van der Waals surface area contributed by atoms with Gasteiger partial charge in [0.05, 0.1) is 6.54 Å². The lowest BCUT2D eigenvalue weighted by atomic mass is 10.1. The zero-order valence-corrected chi connectivity index (χ0v) is 11.4. The maximum absolute atomic E-state index is 12.1. The van der Waals surface area contributed by atoms with Gasteiger partial charge in [0.1, 0.15) is 6.04 Å². The predicted octanol–water partition coefficient (Wildman–Crippen LogP) is 0.762. The van der Waals surface area contributed by atoms with Crippen molar-refractivity contribution in [1.82, 2.24) is 10.2 Å². The van der Waals surface area contributed by atoms with E-state index in [4.69, 9.17) is 0 Å². The number of carbonyl (C=O) groups excluding carboxylic acids is 2. The van der Waals surface area contributed by atoms with Crippen LogP contribution in [0.2, 0.25) is 0 Å². The van der Waals surface area contributed by atoms with Crippen LogP contribution in [0.5, 0.6) is 0 Å². The van der Waals surface area contributed by atoms with Gasteiger partial charge in [0.2, 0.25) is 11.8 Å². The van der Waals surface area contributed by atoms with Crippen molar-refractivity contribution in [3.63, 3.8) is 0 Å². The number of nitrogens with zero attached hydrogens (tertiary/aromatic N) is 1. The fourth-order valence-corrected chi connectivity index (χ4v) is 2.82. The monoisotopic (exact) mass is 273 g/mol. The molecule has 5 nitrogen and oxygen atoms in total.